The highest BCUT2D eigenvalue weighted by Crippen LogP contribution is 2.27. The van der Waals surface area contributed by atoms with E-state index in [2.05, 4.69) is 5.32 Å². The van der Waals surface area contributed by atoms with Gasteiger partial charge in [-0.25, -0.2) is 0 Å². The van der Waals surface area contributed by atoms with Crippen LogP contribution in [0.2, 0.25) is 0 Å². The van der Waals surface area contributed by atoms with Crippen LogP contribution in [0.5, 0.6) is 11.5 Å². The molecule has 26 heavy (non-hydrogen) atoms. The fourth-order valence-corrected chi connectivity index (χ4v) is 2.83. The molecule has 1 N–H and O–H groups in total. The van der Waals surface area contributed by atoms with E-state index in [4.69, 9.17) is 9.47 Å². The Balaban J connectivity index is 1.84. The maximum Gasteiger partial charge on any atom is 0.247 e. The Morgan fingerprint density at radius 3 is 2.15 bits per heavy atom. The molecule has 1 amide bonds. The minimum absolute atomic E-state index is 0.0969. The Bertz CT molecular complexity index is 823. The van der Waals surface area contributed by atoms with Crippen molar-refractivity contribution in [2.24, 2.45) is 0 Å². The van der Waals surface area contributed by atoms with E-state index >= 15 is 0 Å². The molecule has 5 heteroatoms. The average Bonchev–Trinajstić information content (AvgIpc) is 3.20. The number of methoxy groups -OCH3 is 2. The first-order valence-corrected chi connectivity index (χ1v) is 8.40. The third-order valence-electron chi connectivity index (χ3n) is 4.18. The summed E-state index contributed by atoms with van der Waals surface area (Å²) in [6.45, 7) is 0. The van der Waals surface area contributed by atoms with Crippen LogP contribution in [0.3, 0.4) is 0 Å². The topological polar surface area (TPSA) is 52.5 Å². The molecular formula is C21H22N2O3. The lowest BCUT2D eigenvalue weighted by Crippen LogP contribution is -2.27. The van der Waals surface area contributed by atoms with Gasteiger partial charge < -0.3 is 19.4 Å². The van der Waals surface area contributed by atoms with Gasteiger partial charge in [0.25, 0.3) is 0 Å². The van der Waals surface area contributed by atoms with Crippen molar-refractivity contribution in [1.29, 1.82) is 0 Å². The van der Waals surface area contributed by atoms with Gasteiger partial charge in [0.15, 0.2) is 0 Å². The maximum absolute atomic E-state index is 13.0. The Kier molecular flexibility index (Phi) is 5.59. The fourth-order valence-electron chi connectivity index (χ4n) is 2.83. The Morgan fingerprint density at radius 1 is 0.962 bits per heavy atom. The van der Waals surface area contributed by atoms with Crippen molar-refractivity contribution in [1.82, 2.24) is 4.57 Å². The van der Waals surface area contributed by atoms with Gasteiger partial charge in [-0.1, -0.05) is 30.3 Å². The monoisotopic (exact) mass is 350 g/mol. The molecule has 0 spiro atoms. The number of carbonyl (C=O) groups is 1. The second-order valence-electron chi connectivity index (χ2n) is 5.93. The minimum atomic E-state index is -0.357. The van der Waals surface area contributed by atoms with Crippen LogP contribution >= 0.6 is 0 Å². The molecule has 0 saturated carbocycles. The van der Waals surface area contributed by atoms with Crippen molar-refractivity contribution in [3.05, 3.63) is 78.6 Å². The van der Waals surface area contributed by atoms with Crippen molar-refractivity contribution >= 4 is 11.6 Å². The van der Waals surface area contributed by atoms with Crippen LogP contribution in [0.15, 0.2) is 73.1 Å². The highest BCUT2D eigenvalue weighted by Gasteiger charge is 2.21. The number of ether oxygens (including phenoxy) is 2. The third-order valence-corrected chi connectivity index (χ3v) is 4.18. The van der Waals surface area contributed by atoms with Crippen molar-refractivity contribution in [2.75, 3.05) is 19.5 Å². The van der Waals surface area contributed by atoms with Crippen LogP contribution in [0.1, 0.15) is 11.6 Å². The predicted molar refractivity (Wildman–Crippen MR) is 102 cm³/mol. The summed E-state index contributed by atoms with van der Waals surface area (Å²) in [5, 5.41) is 2.98. The summed E-state index contributed by atoms with van der Waals surface area (Å²) in [5.74, 6) is 1.15. The summed E-state index contributed by atoms with van der Waals surface area (Å²) in [7, 11) is 3.16. The Morgan fingerprint density at radius 2 is 1.58 bits per heavy atom. The summed E-state index contributed by atoms with van der Waals surface area (Å²) in [4.78, 5) is 13.0. The zero-order valence-corrected chi connectivity index (χ0v) is 14.9. The lowest BCUT2D eigenvalue weighted by atomic mass is 10.0. The number of aromatic nitrogens is 1. The average molecular weight is 350 g/mol. The zero-order valence-electron chi connectivity index (χ0n) is 14.9. The molecule has 0 aliphatic heterocycles. The summed E-state index contributed by atoms with van der Waals surface area (Å²) in [5.41, 5.74) is 1.74. The number of rotatable bonds is 7. The lowest BCUT2D eigenvalue weighted by molar-refractivity contribution is -0.119. The maximum atomic E-state index is 13.0. The standard InChI is InChI=1S/C21H22N2O3/c1-25-18-13-17(14-19(15-18)26-2)22-21(24)20(23-10-6-7-11-23)12-16-8-4-3-5-9-16/h3-11,13-15,20H,12H2,1-2H3,(H,22,24)/t20-/m1/s1. The number of hydrogen-bond acceptors (Lipinski definition) is 3. The third kappa shape index (κ3) is 4.25. The molecule has 5 nitrogen and oxygen atoms in total. The van der Waals surface area contributed by atoms with Crippen LogP contribution in [-0.2, 0) is 11.2 Å². The number of nitrogens with zero attached hydrogens (tertiary/aromatic N) is 1. The molecule has 134 valence electrons. The zero-order chi connectivity index (χ0) is 18.4. The van der Waals surface area contributed by atoms with Crippen LogP contribution in [0, 0.1) is 0 Å². The highest BCUT2D eigenvalue weighted by atomic mass is 16.5. The van der Waals surface area contributed by atoms with E-state index in [1.807, 2.05) is 59.4 Å². The van der Waals surface area contributed by atoms with Gasteiger partial charge in [0.2, 0.25) is 5.91 Å². The van der Waals surface area contributed by atoms with Gasteiger partial charge in [0, 0.05) is 42.7 Å². The van der Waals surface area contributed by atoms with Gasteiger partial charge >= 0.3 is 0 Å². The molecule has 3 aromatic rings. The van der Waals surface area contributed by atoms with Crippen LogP contribution < -0.4 is 14.8 Å². The van der Waals surface area contributed by atoms with Gasteiger partial charge in [-0.15, -0.1) is 0 Å². The number of hydrogen-bond donors (Lipinski definition) is 1. The van der Waals surface area contributed by atoms with E-state index in [0.717, 1.165) is 5.56 Å². The molecule has 0 aliphatic carbocycles. The first-order valence-electron chi connectivity index (χ1n) is 8.40. The molecule has 2 aromatic carbocycles. The van der Waals surface area contributed by atoms with Crippen molar-refractivity contribution < 1.29 is 14.3 Å². The molecule has 0 aliphatic rings. The number of anilines is 1. The van der Waals surface area contributed by atoms with Crippen LogP contribution in [0.25, 0.3) is 0 Å². The number of amides is 1. The van der Waals surface area contributed by atoms with Crippen molar-refractivity contribution in [2.45, 2.75) is 12.5 Å². The molecule has 0 unspecified atom stereocenters. The van der Waals surface area contributed by atoms with Gasteiger partial charge in [0.1, 0.15) is 17.5 Å². The number of benzene rings is 2. The van der Waals surface area contributed by atoms with E-state index in [-0.39, 0.29) is 11.9 Å². The Hall–Kier alpha value is -3.21. The predicted octanol–water partition coefficient (Wildman–Crippen LogP) is 3.93. The van der Waals surface area contributed by atoms with Crippen molar-refractivity contribution in [3.8, 4) is 11.5 Å². The molecule has 0 radical (unpaired) electrons. The second-order valence-corrected chi connectivity index (χ2v) is 5.93. The van der Waals surface area contributed by atoms with Crippen molar-refractivity contribution in [3.63, 3.8) is 0 Å². The summed E-state index contributed by atoms with van der Waals surface area (Å²) >= 11 is 0. The SMILES string of the molecule is COc1cc(NC(=O)[C@@H](Cc2ccccc2)n2cccc2)cc(OC)c1. The summed E-state index contributed by atoms with van der Waals surface area (Å²) in [6.07, 6.45) is 4.40. The summed E-state index contributed by atoms with van der Waals surface area (Å²) in [6, 6.07) is 18.8. The fraction of sp³-hybridized carbons (Fsp3) is 0.190. The van der Waals surface area contributed by atoms with E-state index < -0.39 is 0 Å². The first-order chi connectivity index (χ1) is 12.7. The second kappa shape index (κ2) is 8.25. The number of nitrogens with one attached hydrogen (secondary N) is 1. The lowest BCUT2D eigenvalue weighted by Gasteiger charge is -2.19. The molecule has 1 aromatic heterocycles. The molecule has 1 atom stereocenters. The van der Waals surface area contributed by atoms with Gasteiger partial charge in [-0.2, -0.15) is 0 Å². The molecule has 1 heterocycles. The van der Waals surface area contributed by atoms with Crippen LogP contribution in [-0.4, -0.2) is 24.7 Å². The molecule has 0 saturated heterocycles. The van der Waals surface area contributed by atoms with E-state index in [1.165, 1.54) is 0 Å². The van der Waals surface area contributed by atoms with E-state index in [1.54, 1.807) is 32.4 Å². The van der Waals surface area contributed by atoms with Gasteiger partial charge in [-0.3, -0.25) is 4.79 Å². The first kappa shape index (κ1) is 17.6. The molecule has 3 rings (SSSR count). The highest BCUT2D eigenvalue weighted by molar-refractivity contribution is 5.94. The number of carbonyl (C=O) groups excluding carboxylic acids is 1. The minimum Gasteiger partial charge on any atom is -0.497 e. The smallest absolute Gasteiger partial charge is 0.247 e. The van der Waals surface area contributed by atoms with Gasteiger partial charge in [-0.05, 0) is 17.7 Å². The Labute approximate surface area is 153 Å². The summed E-state index contributed by atoms with van der Waals surface area (Å²) < 4.78 is 12.5. The quantitative estimate of drug-likeness (QED) is 0.702. The van der Waals surface area contributed by atoms with Gasteiger partial charge in [0.05, 0.1) is 14.2 Å². The van der Waals surface area contributed by atoms with E-state index in [0.29, 0.717) is 23.6 Å². The molecular weight excluding hydrogens is 328 g/mol. The molecule has 0 fully saturated rings. The molecule has 0 bridgehead atoms. The largest absolute Gasteiger partial charge is 0.497 e. The normalized spacial score (nSPS) is 11.6. The van der Waals surface area contributed by atoms with E-state index in [9.17, 15) is 4.79 Å². The van der Waals surface area contributed by atoms with Crippen LogP contribution in [0.4, 0.5) is 5.69 Å².